The highest BCUT2D eigenvalue weighted by Crippen LogP contribution is 2.23. The Hall–Kier alpha value is -1.61. The number of benzene rings is 1. The number of hydrogen-bond donors (Lipinski definition) is 1. The SMILES string of the molecule is Cc1nc(-c2ccc(C(C)C)cc2)n(C)c1CO. The van der Waals surface area contributed by atoms with Gasteiger partial charge in [-0.25, -0.2) is 4.98 Å². The molecule has 2 aromatic rings. The zero-order valence-electron chi connectivity index (χ0n) is 11.4. The Morgan fingerprint density at radius 2 is 1.83 bits per heavy atom. The first-order valence-corrected chi connectivity index (χ1v) is 6.28. The Morgan fingerprint density at radius 1 is 1.22 bits per heavy atom. The quantitative estimate of drug-likeness (QED) is 0.901. The molecule has 0 saturated heterocycles. The van der Waals surface area contributed by atoms with E-state index in [0.29, 0.717) is 5.92 Å². The molecule has 18 heavy (non-hydrogen) atoms. The lowest BCUT2D eigenvalue weighted by Gasteiger charge is -2.07. The molecule has 0 aliphatic heterocycles. The minimum Gasteiger partial charge on any atom is -0.390 e. The van der Waals surface area contributed by atoms with E-state index in [2.05, 4.69) is 43.1 Å². The standard InChI is InChI=1S/C15H20N2O/c1-10(2)12-5-7-13(8-6-12)15-16-11(3)14(9-18)17(15)4/h5-8,10,18H,9H2,1-4H3. The smallest absolute Gasteiger partial charge is 0.140 e. The number of rotatable bonds is 3. The van der Waals surface area contributed by atoms with Crippen molar-refractivity contribution in [2.24, 2.45) is 7.05 Å². The summed E-state index contributed by atoms with van der Waals surface area (Å²) in [7, 11) is 1.94. The van der Waals surface area contributed by atoms with Gasteiger partial charge in [0.1, 0.15) is 5.82 Å². The van der Waals surface area contributed by atoms with Crippen molar-refractivity contribution in [1.29, 1.82) is 0 Å². The Bertz CT molecular complexity index is 538. The summed E-state index contributed by atoms with van der Waals surface area (Å²) in [6.07, 6.45) is 0. The summed E-state index contributed by atoms with van der Waals surface area (Å²) >= 11 is 0. The van der Waals surface area contributed by atoms with E-state index in [1.165, 1.54) is 5.56 Å². The fourth-order valence-electron chi connectivity index (χ4n) is 2.16. The summed E-state index contributed by atoms with van der Waals surface area (Å²) in [5.41, 5.74) is 4.18. The molecule has 0 spiro atoms. The van der Waals surface area contributed by atoms with Crippen LogP contribution in [0.15, 0.2) is 24.3 Å². The van der Waals surface area contributed by atoms with Crippen LogP contribution < -0.4 is 0 Å². The molecule has 1 aromatic carbocycles. The first-order chi connectivity index (χ1) is 8.54. The number of aliphatic hydroxyl groups excluding tert-OH is 1. The molecule has 0 aliphatic rings. The highest BCUT2D eigenvalue weighted by molar-refractivity contribution is 5.57. The molecule has 0 fully saturated rings. The van der Waals surface area contributed by atoms with Crippen molar-refractivity contribution in [3.05, 3.63) is 41.2 Å². The highest BCUT2D eigenvalue weighted by Gasteiger charge is 2.12. The van der Waals surface area contributed by atoms with Gasteiger partial charge in [-0.05, 0) is 18.4 Å². The molecule has 0 radical (unpaired) electrons. The highest BCUT2D eigenvalue weighted by atomic mass is 16.3. The van der Waals surface area contributed by atoms with E-state index in [1.807, 2.05) is 18.5 Å². The Kier molecular flexibility index (Phi) is 3.53. The summed E-state index contributed by atoms with van der Waals surface area (Å²) in [5.74, 6) is 1.45. The number of imidazole rings is 1. The lowest BCUT2D eigenvalue weighted by Crippen LogP contribution is -1.99. The van der Waals surface area contributed by atoms with Crippen LogP contribution in [0.4, 0.5) is 0 Å². The van der Waals surface area contributed by atoms with Crippen molar-refractivity contribution in [3.63, 3.8) is 0 Å². The number of aliphatic hydroxyl groups is 1. The maximum absolute atomic E-state index is 9.32. The molecule has 0 amide bonds. The molecule has 0 bridgehead atoms. The van der Waals surface area contributed by atoms with Gasteiger partial charge >= 0.3 is 0 Å². The average molecular weight is 244 g/mol. The van der Waals surface area contributed by atoms with Gasteiger partial charge in [0, 0.05) is 12.6 Å². The lowest BCUT2D eigenvalue weighted by atomic mass is 10.0. The van der Waals surface area contributed by atoms with Gasteiger partial charge in [0.05, 0.1) is 18.0 Å². The van der Waals surface area contributed by atoms with Crippen LogP contribution in [0.25, 0.3) is 11.4 Å². The van der Waals surface area contributed by atoms with Gasteiger partial charge < -0.3 is 9.67 Å². The molecule has 1 heterocycles. The predicted octanol–water partition coefficient (Wildman–Crippen LogP) is 3.01. The van der Waals surface area contributed by atoms with E-state index < -0.39 is 0 Å². The maximum Gasteiger partial charge on any atom is 0.140 e. The second kappa shape index (κ2) is 4.94. The van der Waals surface area contributed by atoms with Crippen molar-refractivity contribution in [1.82, 2.24) is 9.55 Å². The molecule has 0 aliphatic carbocycles. The Balaban J connectivity index is 2.43. The van der Waals surface area contributed by atoms with Crippen LogP contribution in [-0.2, 0) is 13.7 Å². The molecule has 0 atom stereocenters. The molecule has 3 heteroatoms. The zero-order valence-corrected chi connectivity index (χ0v) is 11.4. The summed E-state index contributed by atoms with van der Waals surface area (Å²) in [6.45, 7) is 6.32. The van der Waals surface area contributed by atoms with Crippen molar-refractivity contribution >= 4 is 0 Å². The molecule has 1 N–H and O–H groups in total. The van der Waals surface area contributed by atoms with Crippen LogP contribution in [0.5, 0.6) is 0 Å². The lowest BCUT2D eigenvalue weighted by molar-refractivity contribution is 0.272. The molecular formula is C15H20N2O. The van der Waals surface area contributed by atoms with Crippen LogP contribution in [0, 0.1) is 6.92 Å². The van der Waals surface area contributed by atoms with Gasteiger partial charge in [-0.2, -0.15) is 0 Å². The molecular weight excluding hydrogens is 224 g/mol. The fraction of sp³-hybridized carbons (Fsp3) is 0.400. The number of aromatic nitrogens is 2. The third-order valence-electron chi connectivity index (χ3n) is 3.40. The van der Waals surface area contributed by atoms with Crippen LogP contribution in [0.2, 0.25) is 0 Å². The van der Waals surface area contributed by atoms with Crippen molar-refractivity contribution in [3.8, 4) is 11.4 Å². The van der Waals surface area contributed by atoms with E-state index in [-0.39, 0.29) is 6.61 Å². The Morgan fingerprint density at radius 3 is 2.28 bits per heavy atom. The molecule has 1 aromatic heterocycles. The Labute approximate surface area is 108 Å². The normalized spacial score (nSPS) is 11.2. The van der Waals surface area contributed by atoms with Gasteiger partial charge in [0.25, 0.3) is 0 Å². The minimum absolute atomic E-state index is 0.0272. The minimum atomic E-state index is 0.0272. The molecule has 96 valence electrons. The molecule has 3 nitrogen and oxygen atoms in total. The van der Waals surface area contributed by atoms with E-state index in [0.717, 1.165) is 22.8 Å². The largest absolute Gasteiger partial charge is 0.390 e. The molecule has 0 unspecified atom stereocenters. The van der Waals surface area contributed by atoms with Crippen molar-refractivity contribution in [2.45, 2.75) is 33.3 Å². The van der Waals surface area contributed by atoms with Gasteiger partial charge in [0.15, 0.2) is 0 Å². The van der Waals surface area contributed by atoms with E-state index >= 15 is 0 Å². The van der Waals surface area contributed by atoms with Crippen molar-refractivity contribution < 1.29 is 5.11 Å². The van der Waals surface area contributed by atoms with Gasteiger partial charge in [-0.3, -0.25) is 0 Å². The third kappa shape index (κ3) is 2.18. The fourth-order valence-corrected chi connectivity index (χ4v) is 2.16. The summed E-state index contributed by atoms with van der Waals surface area (Å²) < 4.78 is 1.96. The van der Waals surface area contributed by atoms with Crippen LogP contribution in [0.3, 0.4) is 0 Å². The molecule has 2 rings (SSSR count). The van der Waals surface area contributed by atoms with Crippen LogP contribution in [0.1, 0.15) is 36.7 Å². The van der Waals surface area contributed by atoms with E-state index in [1.54, 1.807) is 0 Å². The van der Waals surface area contributed by atoms with Crippen molar-refractivity contribution in [2.75, 3.05) is 0 Å². The number of nitrogens with zero attached hydrogens (tertiary/aromatic N) is 2. The van der Waals surface area contributed by atoms with Gasteiger partial charge in [-0.1, -0.05) is 38.1 Å². The zero-order chi connectivity index (χ0) is 13.3. The summed E-state index contributed by atoms with van der Waals surface area (Å²) in [5, 5.41) is 9.32. The monoisotopic (exact) mass is 244 g/mol. The van der Waals surface area contributed by atoms with E-state index in [9.17, 15) is 5.11 Å². The number of hydrogen-bond acceptors (Lipinski definition) is 2. The maximum atomic E-state index is 9.32. The third-order valence-corrected chi connectivity index (χ3v) is 3.40. The first kappa shape index (κ1) is 12.8. The summed E-state index contributed by atoms with van der Waals surface area (Å²) in [6, 6.07) is 8.47. The predicted molar refractivity (Wildman–Crippen MR) is 73.4 cm³/mol. The van der Waals surface area contributed by atoms with Crippen LogP contribution >= 0.6 is 0 Å². The van der Waals surface area contributed by atoms with E-state index in [4.69, 9.17) is 0 Å². The van der Waals surface area contributed by atoms with Crippen LogP contribution in [-0.4, -0.2) is 14.7 Å². The second-order valence-electron chi connectivity index (χ2n) is 4.96. The second-order valence-corrected chi connectivity index (χ2v) is 4.96. The average Bonchev–Trinajstić information content (AvgIpc) is 2.64. The number of aryl methyl sites for hydroxylation is 1. The summed E-state index contributed by atoms with van der Waals surface area (Å²) in [4.78, 5) is 4.53. The van der Waals surface area contributed by atoms with Gasteiger partial charge in [0.2, 0.25) is 0 Å². The first-order valence-electron chi connectivity index (χ1n) is 6.28. The molecule has 0 saturated carbocycles. The topological polar surface area (TPSA) is 38.0 Å². The van der Waals surface area contributed by atoms with Gasteiger partial charge in [-0.15, -0.1) is 0 Å².